The lowest BCUT2D eigenvalue weighted by atomic mass is 10.2. The molecule has 0 bridgehead atoms. The molecule has 0 aliphatic heterocycles. The Hall–Kier alpha value is -2.31. The van der Waals surface area contributed by atoms with Crippen LogP contribution in [0.3, 0.4) is 0 Å². The van der Waals surface area contributed by atoms with Crippen molar-refractivity contribution in [2.24, 2.45) is 0 Å². The predicted molar refractivity (Wildman–Crippen MR) is 80.1 cm³/mol. The molecule has 2 aromatic rings. The van der Waals surface area contributed by atoms with E-state index in [0.717, 1.165) is 6.42 Å². The molecule has 2 aromatic heterocycles. The van der Waals surface area contributed by atoms with Gasteiger partial charge in [-0.3, -0.25) is 9.78 Å². The van der Waals surface area contributed by atoms with E-state index in [1.165, 1.54) is 29.1 Å². The predicted octanol–water partition coefficient (Wildman–Crippen LogP) is 2.56. The van der Waals surface area contributed by atoms with Crippen LogP contribution in [-0.4, -0.2) is 21.1 Å². The number of halogens is 2. The Morgan fingerprint density at radius 3 is 2.73 bits per heavy atom. The zero-order chi connectivity index (χ0) is 16.2. The summed E-state index contributed by atoms with van der Waals surface area (Å²) in [4.78, 5) is 19.8. The van der Waals surface area contributed by atoms with Crippen LogP contribution in [0.2, 0.25) is 0 Å². The normalized spacial score (nSPS) is 11.5. The molecule has 0 aliphatic rings. The van der Waals surface area contributed by atoms with Gasteiger partial charge in [-0.15, -0.1) is 0 Å². The van der Waals surface area contributed by atoms with Gasteiger partial charge in [0.1, 0.15) is 5.69 Å². The second-order valence-electron chi connectivity index (χ2n) is 4.98. The molecule has 22 heavy (non-hydrogen) atoms. The average Bonchev–Trinajstić information content (AvgIpc) is 2.51. The lowest BCUT2D eigenvalue weighted by Gasteiger charge is -2.17. The highest BCUT2D eigenvalue weighted by Crippen LogP contribution is 2.25. The van der Waals surface area contributed by atoms with E-state index in [-0.39, 0.29) is 11.5 Å². The van der Waals surface area contributed by atoms with Crippen LogP contribution in [-0.2, 0) is 12.5 Å². The molecule has 0 aromatic carbocycles. The van der Waals surface area contributed by atoms with Crippen LogP contribution < -0.4 is 10.9 Å². The SMILES string of the molecule is CCCn1c(C)cnc(NCC(F)(F)c2ccccn2)c1=O. The fourth-order valence-corrected chi connectivity index (χ4v) is 2.06. The Labute approximate surface area is 127 Å². The van der Waals surface area contributed by atoms with Gasteiger partial charge >= 0.3 is 5.92 Å². The lowest BCUT2D eigenvalue weighted by molar-refractivity contribution is 0.00588. The summed E-state index contributed by atoms with van der Waals surface area (Å²) >= 11 is 0. The van der Waals surface area contributed by atoms with Gasteiger partial charge in [-0.25, -0.2) is 4.98 Å². The van der Waals surface area contributed by atoms with Gasteiger partial charge in [0.05, 0.1) is 6.54 Å². The van der Waals surface area contributed by atoms with E-state index >= 15 is 0 Å². The highest BCUT2D eigenvalue weighted by atomic mass is 19.3. The number of hydrogen-bond donors (Lipinski definition) is 1. The highest BCUT2D eigenvalue weighted by Gasteiger charge is 2.33. The molecule has 0 unspecified atom stereocenters. The minimum atomic E-state index is -3.18. The van der Waals surface area contributed by atoms with E-state index in [1.807, 2.05) is 6.92 Å². The van der Waals surface area contributed by atoms with Gasteiger partial charge < -0.3 is 9.88 Å². The molecule has 5 nitrogen and oxygen atoms in total. The molecule has 0 spiro atoms. The van der Waals surface area contributed by atoms with Gasteiger partial charge in [-0.1, -0.05) is 13.0 Å². The summed E-state index contributed by atoms with van der Waals surface area (Å²) in [5, 5.41) is 2.44. The zero-order valence-corrected chi connectivity index (χ0v) is 12.5. The van der Waals surface area contributed by atoms with Crippen molar-refractivity contribution in [2.75, 3.05) is 11.9 Å². The van der Waals surface area contributed by atoms with Gasteiger partial charge in [0.15, 0.2) is 5.82 Å². The number of anilines is 1. The fraction of sp³-hybridized carbons (Fsp3) is 0.400. The van der Waals surface area contributed by atoms with E-state index in [2.05, 4.69) is 15.3 Å². The average molecular weight is 308 g/mol. The summed E-state index contributed by atoms with van der Waals surface area (Å²) in [6.07, 6.45) is 3.58. The van der Waals surface area contributed by atoms with Crippen LogP contribution in [0.5, 0.6) is 0 Å². The topological polar surface area (TPSA) is 59.8 Å². The van der Waals surface area contributed by atoms with Crippen molar-refractivity contribution in [3.8, 4) is 0 Å². The van der Waals surface area contributed by atoms with Crippen molar-refractivity contribution in [1.29, 1.82) is 0 Å². The monoisotopic (exact) mass is 308 g/mol. The minimum Gasteiger partial charge on any atom is -0.359 e. The molecule has 118 valence electrons. The number of nitrogens with zero attached hydrogens (tertiary/aromatic N) is 3. The molecule has 7 heteroatoms. The summed E-state index contributed by atoms with van der Waals surface area (Å²) in [6, 6.07) is 4.31. The highest BCUT2D eigenvalue weighted by molar-refractivity contribution is 5.33. The van der Waals surface area contributed by atoms with E-state index in [1.54, 1.807) is 13.0 Å². The van der Waals surface area contributed by atoms with Crippen LogP contribution in [0.25, 0.3) is 0 Å². The molecule has 1 N–H and O–H groups in total. The smallest absolute Gasteiger partial charge is 0.306 e. The molecular formula is C15H18F2N4O. The Kier molecular flexibility index (Phi) is 4.85. The largest absolute Gasteiger partial charge is 0.359 e. The lowest BCUT2D eigenvalue weighted by Crippen LogP contribution is -2.31. The molecule has 0 saturated heterocycles. The number of aryl methyl sites for hydroxylation is 1. The summed E-state index contributed by atoms with van der Waals surface area (Å²) in [5.41, 5.74) is -0.0314. The van der Waals surface area contributed by atoms with Crippen molar-refractivity contribution >= 4 is 5.82 Å². The summed E-state index contributed by atoms with van der Waals surface area (Å²) < 4.78 is 29.6. The maximum absolute atomic E-state index is 14.0. The molecular weight excluding hydrogens is 290 g/mol. The minimum absolute atomic E-state index is 0.0744. The summed E-state index contributed by atoms with van der Waals surface area (Å²) in [7, 11) is 0. The van der Waals surface area contributed by atoms with E-state index in [0.29, 0.717) is 12.2 Å². The van der Waals surface area contributed by atoms with Crippen molar-refractivity contribution in [3.05, 3.63) is 52.3 Å². The van der Waals surface area contributed by atoms with Crippen molar-refractivity contribution < 1.29 is 8.78 Å². The first-order valence-electron chi connectivity index (χ1n) is 7.05. The van der Waals surface area contributed by atoms with Gasteiger partial charge in [0.2, 0.25) is 0 Å². The second kappa shape index (κ2) is 6.64. The molecule has 0 fully saturated rings. The number of pyridine rings is 1. The van der Waals surface area contributed by atoms with Crippen LogP contribution in [0.1, 0.15) is 24.7 Å². The van der Waals surface area contributed by atoms with Crippen molar-refractivity contribution in [3.63, 3.8) is 0 Å². The van der Waals surface area contributed by atoms with Crippen LogP contribution in [0.15, 0.2) is 35.4 Å². The van der Waals surface area contributed by atoms with Crippen LogP contribution >= 0.6 is 0 Å². The number of hydrogen-bond acceptors (Lipinski definition) is 4. The summed E-state index contributed by atoms with van der Waals surface area (Å²) in [5.74, 6) is -3.26. The van der Waals surface area contributed by atoms with Crippen LogP contribution in [0.4, 0.5) is 14.6 Å². The molecule has 0 atom stereocenters. The molecule has 0 radical (unpaired) electrons. The van der Waals surface area contributed by atoms with E-state index in [9.17, 15) is 13.6 Å². The first kappa shape index (κ1) is 16.1. The fourth-order valence-electron chi connectivity index (χ4n) is 2.06. The quantitative estimate of drug-likeness (QED) is 0.891. The van der Waals surface area contributed by atoms with Crippen molar-refractivity contribution in [2.45, 2.75) is 32.7 Å². The van der Waals surface area contributed by atoms with Gasteiger partial charge in [0, 0.05) is 24.6 Å². The molecule has 0 amide bonds. The Bertz CT molecular complexity index is 686. The van der Waals surface area contributed by atoms with Gasteiger partial charge in [-0.2, -0.15) is 8.78 Å². The van der Waals surface area contributed by atoms with E-state index in [4.69, 9.17) is 0 Å². The number of aromatic nitrogens is 3. The Balaban J connectivity index is 2.18. The Morgan fingerprint density at radius 1 is 1.32 bits per heavy atom. The molecule has 0 aliphatic carbocycles. The zero-order valence-electron chi connectivity index (χ0n) is 12.5. The van der Waals surface area contributed by atoms with Crippen LogP contribution in [0, 0.1) is 6.92 Å². The third kappa shape index (κ3) is 3.47. The third-order valence-corrected chi connectivity index (χ3v) is 3.22. The number of alkyl halides is 2. The first-order chi connectivity index (χ1) is 10.5. The standard InChI is InChI=1S/C15H18F2N4O/c1-3-8-21-11(2)9-19-13(14(21)22)20-10-15(16,17)12-6-4-5-7-18-12/h4-7,9H,3,8,10H2,1-2H3,(H,19,20). The first-order valence-corrected chi connectivity index (χ1v) is 7.05. The third-order valence-electron chi connectivity index (χ3n) is 3.22. The number of nitrogens with one attached hydrogen (secondary N) is 1. The maximum Gasteiger partial charge on any atom is 0.306 e. The van der Waals surface area contributed by atoms with E-state index < -0.39 is 18.0 Å². The molecule has 2 rings (SSSR count). The Morgan fingerprint density at radius 2 is 2.09 bits per heavy atom. The summed E-state index contributed by atoms with van der Waals surface area (Å²) in [6.45, 7) is 3.49. The van der Waals surface area contributed by atoms with Gasteiger partial charge in [0.25, 0.3) is 5.56 Å². The molecule has 2 heterocycles. The van der Waals surface area contributed by atoms with Crippen molar-refractivity contribution in [1.82, 2.24) is 14.5 Å². The number of rotatable bonds is 6. The second-order valence-corrected chi connectivity index (χ2v) is 4.98. The van der Waals surface area contributed by atoms with Gasteiger partial charge in [-0.05, 0) is 25.5 Å². The maximum atomic E-state index is 14.0. The molecule has 0 saturated carbocycles.